The van der Waals surface area contributed by atoms with Crippen LogP contribution < -0.4 is 10.1 Å². The van der Waals surface area contributed by atoms with Crippen molar-refractivity contribution in [2.24, 2.45) is 0 Å². The molecule has 0 saturated carbocycles. The standard InChI is InChI=1S/C18H29NO2/c1-2-3-4-5-6-7-8-9-12-19-17-14-21-18-13-15(20)10-11-16(17)18/h10-11,13,17,19-20H,2-9,12,14H2,1H3. The SMILES string of the molecule is CCCCCCCCCCNC1COc2cc(O)ccc21. The largest absolute Gasteiger partial charge is 0.508 e. The lowest BCUT2D eigenvalue weighted by Gasteiger charge is -2.11. The second-order valence-electron chi connectivity index (χ2n) is 6.01. The number of ether oxygens (including phenoxy) is 1. The van der Waals surface area contributed by atoms with Gasteiger partial charge in [-0.2, -0.15) is 0 Å². The van der Waals surface area contributed by atoms with Crippen molar-refractivity contribution >= 4 is 0 Å². The van der Waals surface area contributed by atoms with Crippen LogP contribution in [0, 0.1) is 0 Å². The van der Waals surface area contributed by atoms with Crippen LogP contribution in [0.5, 0.6) is 11.5 Å². The van der Waals surface area contributed by atoms with Gasteiger partial charge in [-0.1, -0.05) is 51.9 Å². The Hall–Kier alpha value is -1.22. The molecule has 0 spiro atoms. The molecule has 1 aliphatic heterocycles. The average Bonchev–Trinajstić information content (AvgIpc) is 2.88. The van der Waals surface area contributed by atoms with Gasteiger partial charge in [-0.15, -0.1) is 0 Å². The Bertz CT molecular complexity index is 420. The lowest BCUT2D eigenvalue weighted by molar-refractivity contribution is 0.309. The molecule has 0 saturated heterocycles. The fourth-order valence-corrected chi connectivity index (χ4v) is 2.90. The third kappa shape index (κ3) is 5.24. The molecule has 118 valence electrons. The maximum Gasteiger partial charge on any atom is 0.127 e. The minimum atomic E-state index is 0.275. The number of nitrogens with one attached hydrogen (secondary N) is 1. The molecule has 3 nitrogen and oxygen atoms in total. The Labute approximate surface area is 128 Å². The predicted octanol–water partition coefficient (Wildman–Crippen LogP) is 4.56. The number of unbranched alkanes of at least 4 members (excludes halogenated alkanes) is 7. The van der Waals surface area contributed by atoms with Crippen LogP contribution in [0.3, 0.4) is 0 Å². The number of aromatic hydroxyl groups is 1. The van der Waals surface area contributed by atoms with Crippen LogP contribution in [0.15, 0.2) is 18.2 Å². The zero-order valence-corrected chi connectivity index (χ0v) is 13.2. The van der Waals surface area contributed by atoms with Crippen molar-refractivity contribution in [3.05, 3.63) is 23.8 Å². The Morgan fingerprint density at radius 3 is 2.57 bits per heavy atom. The maximum absolute atomic E-state index is 9.43. The summed E-state index contributed by atoms with van der Waals surface area (Å²) in [4.78, 5) is 0. The van der Waals surface area contributed by atoms with Gasteiger partial charge in [-0.3, -0.25) is 0 Å². The fraction of sp³-hybridized carbons (Fsp3) is 0.667. The molecular weight excluding hydrogens is 262 g/mol. The summed E-state index contributed by atoms with van der Waals surface area (Å²) in [6.07, 6.45) is 10.8. The third-order valence-electron chi connectivity index (χ3n) is 4.20. The average molecular weight is 291 g/mol. The monoisotopic (exact) mass is 291 g/mol. The quantitative estimate of drug-likeness (QED) is 0.621. The van der Waals surface area contributed by atoms with E-state index in [1.807, 2.05) is 6.07 Å². The minimum Gasteiger partial charge on any atom is -0.508 e. The number of fused-ring (bicyclic) bond motifs is 1. The first kappa shape index (κ1) is 16.2. The highest BCUT2D eigenvalue weighted by Crippen LogP contribution is 2.34. The van der Waals surface area contributed by atoms with Crippen LogP contribution in [0.2, 0.25) is 0 Å². The second kappa shape index (κ2) is 8.93. The van der Waals surface area contributed by atoms with Gasteiger partial charge in [0.25, 0.3) is 0 Å². The number of phenols is 1. The summed E-state index contributed by atoms with van der Waals surface area (Å²) in [6.45, 7) is 3.98. The number of hydrogen-bond acceptors (Lipinski definition) is 3. The first-order valence-electron chi connectivity index (χ1n) is 8.50. The predicted molar refractivity (Wildman–Crippen MR) is 87.0 cm³/mol. The van der Waals surface area contributed by atoms with E-state index in [1.54, 1.807) is 12.1 Å². The first-order valence-corrected chi connectivity index (χ1v) is 8.50. The van der Waals surface area contributed by atoms with E-state index in [-0.39, 0.29) is 11.8 Å². The third-order valence-corrected chi connectivity index (χ3v) is 4.20. The lowest BCUT2D eigenvalue weighted by Crippen LogP contribution is -2.23. The van der Waals surface area contributed by atoms with Gasteiger partial charge >= 0.3 is 0 Å². The first-order chi connectivity index (χ1) is 10.3. The van der Waals surface area contributed by atoms with Crippen LogP contribution in [-0.2, 0) is 0 Å². The van der Waals surface area contributed by atoms with Gasteiger partial charge in [0.1, 0.15) is 18.1 Å². The van der Waals surface area contributed by atoms with E-state index in [1.165, 1.54) is 56.9 Å². The normalized spacial score (nSPS) is 16.7. The van der Waals surface area contributed by atoms with Crippen LogP contribution >= 0.6 is 0 Å². The number of rotatable bonds is 10. The van der Waals surface area contributed by atoms with Crippen LogP contribution in [0.25, 0.3) is 0 Å². The summed E-state index contributed by atoms with van der Waals surface area (Å²) in [5, 5.41) is 13.0. The molecule has 1 atom stereocenters. The summed E-state index contributed by atoms with van der Waals surface area (Å²) < 4.78 is 5.60. The molecule has 1 aliphatic rings. The Kier molecular flexibility index (Phi) is 6.87. The second-order valence-corrected chi connectivity index (χ2v) is 6.01. The molecular formula is C18H29NO2. The van der Waals surface area contributed by atoms with E-state index in [2.05, 4.69) is 12.2 Å². The number of benzene rings is 1. The molecule has 1 aromatic rings. The van der Waals surface area contributed by atoms with Gasteiger partial charge < -0.3 is 15.2 Å². The van der Waals surface area contributed by atoms with Crippen LogP contribution in [0.4, 0.5) is 0 Å². The zero-order chi connectivity index (χ0) is 14.9. The molecule has 0 radical (unpaired) electrons. The molecule has 21 heavy (non-hydrogen) atoms. The molecule has 0 fully saturated rings. The van der Waals surface area contributed by atoms with Crippen LogP contribution in [-0.4, -0.2) is 18.3 Å². The fourth-order valence-electron chi connectivity index (χ4n) is 2.90. The van der Waals surface area contributed by atoms with Crippen molar-refractivity contribution in [3.8, 4) is 11.5 Å². The van der Waals surface area contributed by atoms with Crippen molar-refractivity contribution in [1.82, 2.24) is 5.32 Å². The molecule has 2 rings (SSSR count). The zero-order valence-electron chi connectivity index (χ0n) is 13.2. The lowest BCUT2D eigenvalue weighted by atomic mass is 10.1. The Morgan fingerprint density at radius 2 is 1.81 bits per heavy atom. The van der Waals surface area contributed by atoms with E-state index >= 15 is 0 Å². The summed E-state index contributed by atoms with van der Waals surface area (Å²) in [5.74, 6) is 1.10. The molecule has 1 heterocycles. The summed E-state index contributed by atoms with van der Waals surface area (Å²) in [7, 11) is 0. The van der Waals surface area contributed by atoms with E-state index < -0.39 is 0 Å². The van der Waals surface area contributed by atoms with Gasteiger partial charge in [0.15, 0.2) is 0 Å². The number of hydrogen-bond donors (Lipinski definition) is 2. The van der Waals surface area contributed by atoms with Gasteiger partial charge in [0.2, 0.25) is 0 Å². The van der Waals surface area contributed by atoms with Crippen molar-refractivity contribution < 1.29 is 9.84 Å². The highest BCUT2D eigenvalue weighted by atomic mass is 16.5. The molecule has 3 heteroatoms. The van der Waals surface area contributed by atoms with Gasteiger partial charge in [-0.05, 0) is 25.1 Å². The maximum atomic E-state index is 9.43. The van der Waals surface area contributed by atoms with Gasteiger partial charge in [0.05, 0.1) is 6.04 Å². The van der Waals surface area contributed by atoms with E-state index in [4.69, 9.17) is 4.74 Å². The molecule has 1 aromatic carbocycles. The minimum absolute atomic E-state index is 0.275. The molecule has 2 N–H and O–H groups in total. The van der Waals surface area contributed by atoms with Crippen molar-refractivity contribution in [3.63, 3.8) is 0 Å². The van der Waals surface area contributed by atoms with Crippen molar-refractivity contribution in [2.45, 2.75) is 64.3 Å². The van der Waals surface area contributed by atoms with Gasteiger partial charge in [0, 0.05) is 11.6 Å². The van der Waals surface area contributed by atoms with Crippen LogP contribution in [0.1, 0.15) is 69.9 Å². The summed E-state index contributed by atoms with van der Waals surface area (Å²) in [5.41, 5.74) is 1.17. The molecule has 0 aromatic heterocycles. The Morgan fingerprint density at radius 1 is 1.10 bits per heavy atom. The number of phenolic OH excluding ortho intramolecular Hbond substituents is 1. The van der Waals surface area contributed by atoms with E-state index in [0.29, 0.717) is 6.61 Å². The topological polar surface area (TPSA) is 41.5 Å². The van der Waals surface area contributed by atoms with E-state index in [9.17, 15) is 5.11 Å². The smallest absolute Gasteiger partial charge is 0.127 e. The van der Waals surface area contributed by atoms with E-state index in [0.717, 1.165) is 12.3 Å². The summed E-state index contributed by atoms with van der Waals surface area (Å²) in [6, 6.07) is 5.68. The molecule has 0 bridgehead atoms. The van der Waals surface area contributed by atoms with Crippen molar-refractivity contribution in [1.29, 1.82) is 0 Å². The van der Waals surface area contributed by atoms with Gasteiger partial charge in [-0.25, -0.2) is 0 Å². The highest BCUT2D eigenvalue weighted by molar-refractivity contribution is 5.44. The Balaban J connectivity index is 1.55. The molecule has 0 amide bonds. The highest BCUT2D eigenvalue weighted by Gasteiger charge is 2.23. The summed E-state index contributed by atoms with van der Waals surface area (Å²) >= 11 is 0. The van der Waals surface area contributed by atoms with Crippen molar-refractivity contribution in [2.75, 3.05) is 13.2 Å². The molecule has 1 unspecified atom stereocenters. The molecule has 0 aliphatic carbocycles.